The van der Waals surface area contributed by atoms with E-state index in [9.17, 15) is 9.90 Å². The second kappa shape index (κ2) is 6.24. The number of hydrogen-bond acceptors (Lipinski definition) is 2. The lowest BCUT2D eigenvalue weighted by Crippen LogP contribution is -2.44. The van der Waals surface area contributed by atoms with Gasteiger partial charge in [-0.1, -0.05) is 44.5 Å². The molecule has 2 rings (SSSR count). The first-order chi connectivity index (χ1) is 9.77. The molecule has 1 aliphatic carbocycles. The molecular formula is C16H23ClN2O2. The van der Waals surface area contributed by atoms with Crippen LogP contribution in [-0.4, -0.2) is 29.8 Å². The normalized spacial score (nSPS) is 22.5. The van der Waals surface area contributed by atoms with Crippen LogP contribution in [0.1, 0.15) is 38.7 Å². The Morgan fingerprint density at radius 3 is 2.81 bits per heavy atom. The van der Waals surface area contributed by atoms with Crippen molar-refractivity contribution >= 4 is 17.6 Å². The molecule has 2 amide bonds. The van der Waals surface area contributed by atoms with Gasteiger partial charge in [0.1, 0.15) is 0 Å². The lowest BCUT2D eigenvalue weighted by atomic mass is 9.89. The Morgan fingerprint density at radius 2 is 2.19 bits per heavy atom. The number of carbonyl (C=O) groups excluding carboxylic acids is 1. The molecule has 0 aromatic heterocycles. The topological polar surface area (TPSA) is 61.4 Å². The number of nitrogens with one attached hydrogen (secondary N) is 2. The first-order valence-electron chi connectivity index (χ1n) is 7.25. The molecule has 1 fully saturated rings. The Balaban J connectivity index is 1.76. The zero-order valence-electron chi connectivity index (χ0n) is 12.7. The molecule has 3 unspecified atom stereocenters. The minimum atomic E-state index is -0.564. The van der Waals surface area contributed by atoms with E-state index in [4.69, 9.17) is 11.6 Å². The van der Waals surface area contributed by atoms with Crippen molar-refractivity contribution in [1.29, 1.82) is 0 Å². The maximum Gasteiger partial charge on any atom is 0.315 e. The van der Waals surface area contributed by atoms with Crippen LogP contribution in [0.4, 0.5) is 4.79 Å². The van der Waals surface area contributed by atoms with E-state index in [1.165, 1.54) is 0 Å². The fourth-order valence-electron chi connectivity index (χ4n) is 2.18. The molecule has 5 heteroatoms. The maximum absolute atomic E-state index is 11.8. The molecule has 1 aromatic carbocycles. The average molecular weight is 311 g/mol. The highest BCUT2D eigenvalue weighted by molar-refractivity contribution is 6.30. The van der Waals surface area contributed by atoms with Gasteiger partial charge in [0.05, 0.1) is 6.10 Å². The van der Waals surface area contributed by atoms with E-state index < -0.39 is 6.10 Å². The van der Waals surface area contributed by atoms with E-state index in [0.29, 0.717) is 5.92 Å². The Hall–Kier alpha value is -1.26. The van der Waals surface area contributed by atoms with Gasteiger partial charge in [0.25, 0.3) is 0 Å². The van der Waals surface area contributed by atoms with E-state index in [2.05, 4.69) is 10.6 Å². The van der Waals surface area contributed by atoms with Gasteiger partial charge in [-0.3, -0.25) is 0 Å². The highest BCUT2D eigenvalue weighted by Gasteiger charge is 2.39. The summed E-state index contributed by atoms with van der Waals surface area (Å²) in [6, 6.07) is 7.65. The third-order valence-electron chi connectivity index (χ3n) is 3.84. The largest absolute Gasteiger partial charge is 0.391 e. The van der Waals surface area contributed by atoms with Gasteiger partial charge in [0.15, 0.2) is 0 Å². The number of aliphatic hydroxyl groups excluding tert-OH is 1. The van der Waals surface area contributed by atoms with Crippen LogP contribution < -0.4 is 10.6 Å². The minimum absolute atomic E-state index is 0.148. The molecule has 0 aliphatic heterocycles. The molecule has 0 radical (unpaired) electrons. The molecule has 0 saturated heterocycles. The van der Waals surface area contributed by atoms with E-state index >= 15 is 0 Å². The van der Waals surface area contributed by atoms with Crippen molar-refractivity contribution in [3.63, 3.8) is 0 Å². The first-order valence-corrected chi connectivity index (χ1v) is 7.63. The number of aliphatic hydroxyl groups is 1. The number of urea groups is 1. The van der Waals surface area contributed by atoms with Crippen LogP contribution in [0, 0.1) is 5.41 Å². The lowest BCUT2D eigenvalue weighted by Gasteiger charge is -2.25. The van der Waals surface area contributed by atoms with Crippen LogP contribution in [0.3, 0.4) is 0 Å². The Bertz CT molecular complexity index is 513. The number of benzene rings is 1. The zero-order valence-corrected chi connectivity index (χ0v) is 13.4. The standard InChI is InChI=1S/C16H23ClN2O2/c1-16(2,3)14(20)9-18-15(21)19-13-8-12(13)10-5-4-6-11(17)7-10/h4-7,12-14,20H,8-9H2,1-3H3,(H2,18,19,21). The highest BCUT2D eigenvalue weighted by Crippen LogP contribution is 2.41. The average Bonchev–Trinajstić information content (AvgIpc) is 3.14. The second-order valence-electron chi connectivity index (χ2n) is 6.74. The van der Waals surface area contributed by atoms with Crippen LogP contribution in [0.2, 0.25) is 5.02 Å². The van der Waals surface area contributed by atoms with Crippen molar-refractivity contribution < 1.29 is 9.90 Å². The Labute approximate surface area is 130 Å². The fourth-order valence-corrected chi connectivity index (χ4v) is 2.37. The fraction of sp³-hybridized carbons (Fsp3) is 0.562. The quantitative estimate of drug-likeness (QED) is 0.801. The minimum Gasteiger partial charge on any atom is -0.391 e. The SMILES string of the molecule is CC(C)(C)C(O)CNC(=O)NC1CC1c1cccc(Cl)c1. The van der Waals surface area contributed by atoms with Gasteiger partial charge in [-0.25, -0.2) is 4.79 Å². The predicted octanol–water partition coefficient (Wildman–Crippen LogP) is 2.90. The molecular weight excluding hydrogens is 288 g/mol. The molecule has 3 N–H and O–H groups in total. The van der Waals surface area contributed by atoms with Gasteiger partial charge in [-0.05, 0) is 29.5 Å². The van der Waals surface area contributed by atoms with E-state index in [0.717, 1.165) is 17.0 Å². The van der Waals surface area contributed by atoms with Crippen molar-refractivity contribution in [2.24, 2.45) is 5.41 Å². The third kappa shape index (κ3) is 4.61. The van der Waals surface area contributed by atoms with Crippen LogP contribution in [0.5, 0.6) is 0 Å². The summed E-state index contributed by atoms with van der Waals surface area (Å²) in [5.41, 5.74) is 0.915. The van der Waals surface area contributed by atoms with E-state index in [1.54, 1.807) is 0 Å². The summed E-state index contributed by atoms with van der Waals surface area (Å²) in [4.78, 5) is 11.8. The van der Waals surface area contributed by atoms with E-state index in [1.807, 2.05) is 45.0 Å². The van der Waals surface area contributed by atoms with Gasteiger partial charge < -0.3 is 15.7 Å². The molecule has 1 saturated carbocycles. The molecule has 21 heavy (non-hydrogen) atoms. The van der Waals surface area contributed by atoms with Gasteiger partial charge in [-0.15, -0.1) is 0 Å². The number of halogens is 1. The van der Waals surface area contributed by atoms with Crippen molar-refractivity contribution in [2.75, 3.05) is 6.54 Å². The summed E-state index contributed by atoms with van der Waals surface area (Å²) in [5, 5.41) is 16.2. The van der Waals surface area contributed by atoms with Crippen LogP contribution >= 0.6 is 11.6 Å². The summed E-state index contributed by atoms with van der Waals surface area (Å²) in [5.74, 6) is 0.335. The third-order valence-corrected chi connectivity index (χ3v) is 4.07. The second-order valence-corrected chi connectivity index (χ2v) is 7.18. The smallest absolute Gasteiger partial charge is 0.315 e. The summed E-state index contributed by atoms with van der Waals surface area (Å²) < 4.78 is 0. The molecule has 4 nitrogen and oxygen atoms in total. The first kappa shape index (κ1) is 16.1. The monoisotopic (exact) mass is 310 g/mol. The highest BCUT2D eigenvalue weighted by atomic mass is 35.5. The van der Waals surface area contributed by atoms with Gasteiger partial charge >= 0.3 is 6.03 Å². The summed E-state index contributed by atoms with van der Waals surface area (Å²) >= 11 is 5.97. The van der Waals surface area contributed by atoms with E-state index in [-0.39, 0.29) is 24.0 Å². The van der Waals surface area contributed by atoms with Gasteiger partial charge in [0.2, 0.25) is 0 Å². The maximum atomic E-state index is 11.8. The van der Waals surface area contributed by atoms with Crippen molar-refractivity contribution in [3.8, 4) is 0 Å². The molecule has 0 spiro atoms. The van der Waals surface area contributed by atoms with Crippen LogP contribution in [0.25, 0.3) is 0 Å². The Kier molecular flexibility index (Phi) is 4.79. The molecule has 0 heterocycles. The van der Waals surface area contributed by atoms with Crippen molar-refractivity contribution in [2.45, 2.75) is 45.3 Å². The molecule has 1 aliphatic rings. The lowest BCUT2D eigenvalue weighted by molar-refractivity contribution is 0.0650. The summed E-state index contributed by atoms with van der Waals surface area (Å²) in [6.45, 7) is 6.07. The molecule has 3 atom stereocenters. The zero-order chi connectivity index (χ0) is 15.6. The van der Waals surface area contributed by atoms with Crippen LogP contribution in [-0.2, 0) is 0 Å². The molecule has 0 bridgehead atoms. The number of rotatable bonds is 4. The van der Waals surface area contributed by atoms with Crippen molar-refractivity contribution in [1.82, 2.24) is 10.6 Å². The molecule has 1 aromatic rings. The van der Waals surface area contributed by atoms with Crippen LogP contribution in [0.15, 0.2) is 24.3 Å². The van der Waals surface area contributed by atoms with Gasteiger partial charge in [-0.2, -0.15) is 0 Å². The Morgan fingerprint density at radius 1 is 1.48 bits per heavy atom. The van der Waals surface area contributed by atoms with Crippen molar-refractivity contribution in [3.05, 3.63) is 34.9 Å². The summed E-state index contributed by atoms with van der Waals surface area (Å²) in [6.07, 6.45) is 0.362. The number of hydrogen-bond donors (Lipinski definition) is 3. The predicted molar refractivity (Wildman–Crippen MR) is 84.6 cm³/mol. The van der Waals surface area contributed by atoms with Gasteiger partial charge in [0, 0.05) is 23.5 Å². The summed E-state index contributed by atoms with van der Waals surface area (Å²) in [7, 11) is 0. The number of carbonyl (C=O) groups is 1. The number of amides is 2. The molecule has 116 valence electrons.